The molecule has 4 aromatic rings. The van der Waals surface area contributed by atoms with Gasteiger partial charge in [0.2, 0.25) is 4.80 Å². The Bertz CT molecular complexity index is 1480. The highest BCUT2D eigenvalue weighted by Crippen LogP contribution is 2.24. The second-order valence-corrected chi connectivity index (χ2v) is 8.90. The molecule has 0 fully saturated rings. The van der Waals surface area contributed by atoms with Crippen molar-refractivity contribution < 1.29 is 9.31 Å². The van der Waals surface area contributed by atoms with E-state index in [9.17, 15) is 14.5 Å². The van der Waals surface area contributed by atoms with Crippen LogP contribution in [0.3, 0.4) is 0 Å². The molecule has 34 heavy (non-hydrogen) atoms. The highest BCUT2D eigenvalue weighted by molar-refractivity contribution is 7.07. The molecule has 1 heterocycles. The molecule has 3 aromatic carbocycles. The van der Waals surface area contributed by atoms with Crippen molar-refractivity contribution in [3.05, 3.63) is 109 Å². The molecule has 0 atom stereocenters. The summed E-state index contributed by atoms with van der Waals surface area (Å²) in [4.78, 5) is 16.5. The number of nitro benzene ring substituents is 1. The molecule has 0 saturated carbocycles. The highest BCUT2D eigenvalue weighted by atomic mass is 32.1. The van der Waals surface area contributed by atoms with Crippen LogP contribution in [0.2, 0.25) is 0 Å². The maximum atomic E-state index is 13.5. The summed E-state index contributed by atoms with van der Waals surface area (Å²) in [5.74, 6) is -0.322. The molecule has 6 nitrogen and oxygen atoms in total. The van der Waals surface area contributed by atoms with E-state index in [1.54, 1.807) is 36.7 Å². The lowest BCUT2D eigenvalue weighted by Gasteiger charge is -2.08. The van der Waals surface area contributed by atoms with Crippen molar-refractivity contribution >= 4 is 28.4 Å². The lowest BCUT2D eigenvalue weighted by Crippen LogP contribution is -2.14. The lowest BCUT2D eigenvalue weighted by atomic mass is 10.1. The maximum absolute atomic E-state index is 13.5. The van der Waals surface area contributed by atoms with Gasteiger partial charge < -0.3 is 0 Å². The standard InChI is InChI=1S/C26H23FN4O2S/c1-16-5-6-17(2)23(13-16)28-26-30(25(15-34-26)20-9-11-22(27)12-10-20)29-19(4)21-8-7-18(3)24(14-21)31(32)33/h5-15H,1-4H3. The number of aryl methyl sites for hydroxylation is 3. The minimum absolute atomic E-state index is 0.0430. The summed E-state index contributed by atoms with van der Waals surface area (Å²) in [5, 5.41) is 18.1. The fraction of sp³-hybridized carbons (Fsp3) is 0.154. The largest absolute Gasteiger partial charge is 0.272 e. The van der Waals surface area contributed by atoms with Gasteiger partial charge in [0.15, 0.2) is 0 Å². The number of aromatic nitrogens is 1. The summed E-state index contributed by atoms with van der Waals surface area (Å²) in [7, 11) is 0. The van der Waals surface area contributed by atoms with Crippen molar-refractivity contribution in [2.45, 2.75) is 27.7 Å². The van der Waals surface area contributed by atoms with Gasteiger partial charge in [-0.3, -0.25) is 10.1 Å². The van der Waals surface area contributed by atoms with Crippen LogP contribution in [0.25, 0.3) is 11.3 Å². The Morgan fingerprint density at radius 1 is 1.00 bits per heavy atom. The molecule has 0 aliphatic heterocycles. The van der Waals surface area contributed by atoms with E-state index < -0.39 is 4.92 Å². The Labute approximate surface area is 200 Å². The van der Waals surface area contributed by atoms with Gasteiger partial charge in [0, 0.05) is 28.1 Å². The van der Waals surface area contributed by atoms with Gasteiger partial charge in [-0.1, -0.05) is 24.3 Å². The van der Waals surface area contributed by atoms with E-state index in [-0.39, 0.29) is 11.5 Å². The minimum Gasteiger partial charge on any atom is -0.258 e. The van der Waals surface area contributed by atoms with E-state index in [0.717, 1.165) is 28.1 Å². The molecule has 172 valence electrons. The van der Waals surface area contributed by atoms with Crippen LogP contribution in [0.4, 0.5) is 15.8 Å². The third-order valence-corrected chi connectivity index (χ3v) is 6.30. The molecule has 0 radical (unpaired) electrons. The topological polar surface area (TPSA) is 72.8 Å². The van der Waals surface area contributed by atoms with E-state index in [2.05, 4.69) is 0 Å². The van der Waals surface area contributed by atoms with Crippen molar-refractivity contribution in [2.24, 2.45) is 10.1 Å². The minimum atomic E-state index is -0.394. The third-order valence-electron chi connectivity index (χ3n) is 5.48. The van der Waals surface area contributed by atoms with Crippen molar-refractivity contribution in [1.29, 1.82) is 0 Å². The second kappa shape index (κ2) is 9.52. The molecule has 0 spiro atoms. The number of rotatable bonds is 5. The zero-order valence-electron chi connectivity index (χ0n) is 19.2. The molecule has 0 N–H and O–H groups in total. The van der Waals surface area contributed by atoms with Crippen molar-refractivity contribution in [3.63, 3.8) is 0 Å². The monoisotopic (exact) mass is 474 g/mol. The molecular formula is C26H23FN4O2S. The normalized spacial score (nSPS) is 12.3. The van der Waals surface area contributed by atoms with Crippen LogP contribution in [-0.2, 0) is 0 Å². The second-order valence-electron chi connectivity index (χ2n) is 8.07. The summed E-state index contributed by atoms with van der Waals surface area (Å²) in [5.41, 5.74) is 6.35. The number of halogens is 1. The fourth-order valence-corrected chi connectivity index (χ4v) is 4.32. The highest BCUT2D eigenvalue weighted by Gasteiger charge is 2.14. The summed E-state index contributed by atoms with van der Waals surface area (Å²) >= 11 is 1.42. The van der Waals surface area contributed by atoms with E-state index in [4.69, 9.17) is 10.1 Å². The van der Waals surface area contributed by atoms with Gasteiger partial charge in [-0.2, -0.15) is 5.10 Å². The first kappa shape index (κ1) is 23.3. The third kappa shape index (κ3) is 4.87. The smallest absolute Gasteiger partial charge is 0.258 e. The number of hydrogen-bond acceptors (Lipinski definition) is 5. The van der Waals surface area contributed by atoms with Crippen molar-refractivity contribution in [1.82, 2.24) is 4.68 Å². The van der Waals surface area contributed by atoms with Crippen LogP contribution >= 0.6 is 11.3 Å². The Morgan fingerprint density at radius 2 is 1.71 bits per heavy atom. The zero-order valence-corrected chi connectivity index (χ0v) is 20.1. The van der Waals surface area contributed by atoms with Crippen LogP contribution in [0.5, 0.6) is 0 Å². The lowest BCUT2D eigenvalue weighted by molar-refractivity contribution is -0.385. The average Bonchev–Trinajstić information content (AvgIpc) is 3.18. The Hall–Kier alpha value is -3.91. The summed E-state index contributed by atoms with van der Waals surface area (Å²) in [6.45, 7) is 7.51. The quantitative estimate of drug-likeness (QED) is 0.184. The predicted octanol–water partition coefficient (Wildman–Crippen LogP) is 6.69. The average molecular weight is 475 g/mol. The molecule has 0 saturated heterocycles. The fourth-order valence-electron chi connectivity index (χ4n) is 3.47. The van der Waals surface area contributed by atoms with E-state index >= 15 is 0 Å². The number of thiazole rings is 1. The van der Waals surface area contributed by atoms with E-state index in [1.165, 1.54) is 29.5 Å². The number of nitrogens with zero attached hydrogens (tertiary/aromatic N) is 4. The molecule has 0 unspecified atom stereocenters. The molecule has 1 aromatic heterocycles. The first-order valence-electron chi connectivity index (χ1n) is 10.6. The van der Waals surface area contributed by atoms with Crippen LogP contribution < -0.4 is 4.80 Å². The van der Waals surface area contributed by atoms with Gasteiger partial charge in [-0.05, 0) is 69.2 Å². The Kier molecular flexibility index (Phi) is 6.51. The van der Waals surface area contributed by atoms with Crippen LogP contribution in [0, 0.1) is 36.7 Å². The summed E-state index contributed by atoms with van der Waals surface area (Å²) < 4.78 is 15.2. The molecule has 8 heteroatoms. The van der Waals surface area contributed by atoms with Gasteiger partial charge in [-0.25, -0.2) is 14.1 Å². The molecule has 0 amide bonds. The number of nitro groups is 1. The van der Waals surface area contributed by atoms with Gasteiger partial charge in [0.05, 0.1) is 22.0 Å². The zero-order chi connectivity index (χ0) is 24.4. The summed E-state index contributed by atoms with van der Waals surface area (Å²) in [6.07, 6.45) is 0. The maximum Gasteiger partial charge on any atom is 0.272 e. The molecule has 0 aliphatic carbocycles. The van der Waals surface area contributed by atoms with Gasteiger partial charge >= 0.3 is 0 Å². The SMILES string of the molecule is CC(=Nn1c(-c2ccc(F)cc2)csc1=Nc1cc(C)ccc1C)c1ccc(C)c([N+](=O)[O-])c1. The van der Waals surface area contributed by atoms with Crippen LogP contribution in [0.1, 0.15) is 29.2 Å². The Balaban J connectivity index is 1.92. The first-order valence-corrected chi connectivity index (χ1v) is 11.5. The van der Waals surface area contributed by atoms with Crippen molar-refractivity contribution in [2.75, 3.05) is 0 Å². The van der Waals surface area contributed by atoms with Gasteiger partial charge in [0.1, 0.15) is 5.82 Å². The molecule has 0 bridgehead atoms. The van der Waals surface area contributed by atoms with Crippen LogP contribution in [0.15, 0.2) is 76.1 Å². The number of benzene rings is 3. The molecular weight excluding hydrogens is 451 g/mol. The van der Waals surface area contributed by atoms with E-state index in [1.807, 2.05) is 43.5 Å². The Morgan fingerprint density at radius 3 is 2.41 bits per heavy atom. The van der Waals surface area contributed by atoms with E-state index in [0.29, 0.717) is 21.6 Å². The first-order chi connectivity index (χ1) is 16.2. The van der Waals surface area contributed by atoms with Crippen molar-refractivity contribution in [3.8, 4) is 11.3 Å². The summed E-state index contributed by atoms with van der Waals surface area (Å²) in [6, 6.07) is 17.3. The van der Waals surface area contributed by atoms with Gasteiger partial charge in [0.25, 0.3) is 5.69 Å². The van der Waals surface area contributed by atoms with Crippen LogP contribution in [-0.4, -0.2) is 15.3 Å². The predicted molar refractivity (Wildman–Crippen MR) is 134 cm³/mol. The molecule has 0 aliphatic rings. The van der Waals surface area contributed by atoms with Gasteiger partial charge in [-0.15, -0.1) is 11.3 Å². The molecule has 4 rings (SSSR count). The number of hydrogen-bond donors (Lipinski definition) is 0.